The van der Waals surface area contributed by atoms with E-state index in [1.54, 1.807) is 6.07 Å². The van der Waals surface area contributed by atoms with E-state index in [0.717, 1.165) is 0 Å². The summed E-state index contributed by atoms with van der Waals surface area (Å²) in [5.74, 6) is -0.247. The zero-order valence-electron chi connectivity index (χ0n) is 10.9. The summed E-state index contributed by atoms with van der Waals surface area (Å²) < 4.78 is 13.0. The van der Waals surface area contributed by atoms with Crippen LogP contribution in [0.25, 0.3) is 0 Å². The van der Waals surface area contributed by atoms with Crippen LogP contribution in [0, 0.1) is 10.1 Å². The van der Waals surface area contributed by atoms with Gasteiger partial charge in [0.2, 0.25) is 5.91 Å². The van der Waals surface area contributed by atoms with Gasteiger partial charge < -0.3 is 5.32 Å². The van der Waals surface area contributed by atoms with Crippen LogP contribution in [0.4, 0.5) is 15.8 Å². The Hall–Kier alpha value is -2.02. The van der Waals surface area contributed by atoms with Crippen molar-refractivity contribution in [3.05, 3.63) is 34.4 Å². The number of nitrogens with one attached hydrogen (secondary N) is 1. The molecular weight excluding hydrogens is 265 g/mol. The Kier molecular flexibility index (Phi) is 4.62. The highest BCUT2D eigenvalue weighted by Gasteiger charge is 2.20. The number of nitro benzene ring substituents is 1. The lowest BCUT2D eigenvalue weighted by Crippen LogP contribution is -2.39. The number of halogens is 1. The number of amides is 1. The van der Waals surface area contributed by atoms with Gasteiger partial charge in [0.05, 0.1) is 11.5 Å². The van der Waals surface area contributed by atoms with Gasteiger partial charge in [-0.1, -0.05) is 6.07 Å². The van der Waals surface area contributed by atoms with E-state index in [1.165, 1.54) is 18.2 Å². The first-order chi connectivity index (χ1) is 9.54. The Morgan fingerprint density at radius 2 is 2.15 bits per heavy atom. The second-order valence-electron chi connectivity index (χ2n) is 4.81. The molecule has 0 spiro atoms. The summed E-state index contributed by atoms with van der Waals surface area (Å²) >= 11 is 0. The quantitative estimate of drug-likeness (QED) is 0.676. The normalized spacial score (nSPS) is 16.9. The summed E-state index contributed by atoms with van der Waals surface area (Å²) in [5, 5.41) is 13.3. The molecule has 0 atom stereocenters. The van der Waals surface area contributed by atoms with E-state index in [9.17, 15) is 19.3 Å². The van der Waals surface area contributed by atoms with Gasteiger partial charge in [-0.15, -0.1) is 0 Å². The molecule has 0 saturated carbocycles. The molecule has 0 aromatic heterocycles. The monoisotopic (exact) mass is 281 g/mol. The summed E-state index contributed by atoms with van der Waals surface area (Å²) in [6.45, 7) is 1.29. The first-order valence-corrected chi connectivity index (χ1v) is 6.45. The predicted molar refractivity (Wildman–Crippen MR) is 72.3 cm³/mol. The smallest absolute Gasteiger partial charge is 0.271 e. The molecule has 1 heterocycles. The molecule has 1 aromatic carbocycles. The number of hydrogen-bond donors (Lipinski definition) is 1. The largest absolute Gasteiger partial charge is 0.325 e. The van der Waals surface area contributed by atoms with Crippen molar-refractivity contribution in [3.63, 3.8) is 0 Å². The fourth-order valence-electron chi connectivity index (χ4n) is 2.16. The molecule has 1 N–H and O–H groups in total. The van der Waals surface area contributed by atoms with Crippen LogP contribution in [0.1, 0.15) is 12.8 Å². The van der Waals surface area contributed by atoms with Crippen molar-refractivity contribution in [2.75, 3.05) is 25.0 Å². The molecular formula is C13H16FN3O3. The Bertz CT molecular complexity index is 501. The van der Waals surface area contributed by atoms with E-state index in [0.29, 0.717) is 31.6 Å². The molecule has 1 aliphatic heterocycles. The Morgan fingerprint density at radius 1 is 1.45 bits per heavy atom. The number of likely N-dealkylation sites (tertiary alicyclic amines) is 1. The number of non-ortho nitro benzene ring substituents is 1. The highest BCUT2D eigenvalue weighted by Crippen LogP contribution is 2.17. The third-order valence-corrected chi connectivity index (χ3v) is 3.23. The molecule has 7 heteroatoms. The highest BCUT2D eigenvalue weighted by atomic mass is 19.1. The minimum atomic E-state index is -0.772. The molecule has 0 unspecified atom stereocenters. The number of carbonyl (C=O) groups excluding carboxylic acids is 1. The lowest BCUT2D eigenvalue weighted by Gasteiger charge is -2.27. The van der Waals surface area contributed by atoms with Crippen molar-refractivity contribution in [1.82, 2.24) is 4.90 Å². The van der Waals surface area contributed by atoms with Gasteiger partial charge in [-0.25, -0.2) is 4.39 Å². The molecule has 20 heavy (non-hydrogen) atoms. The van der Waals surface area contributed by atoms with Gasteiger partial charge >= 0.3 is 0 Å². The average Bonchev–Trinajstić information content (AvgIpc) is 2.41. The molecule has 1 aromatic rings. The molecule has 0 aliphatic carbocycles. The zero-order valence-corrected chi connectivity index (χ0v) is 10.9. The van der Waals surface area contributed by atoms with Gasteiger partial charge in [0.25, 0.3) is 5.69 Å². The maximum Gasteiger partial charge on any atom is 0.271 e. The van der Waals surface area contributed by atoms with E-state index in [4.69, 9.17) is 0 Å². The second-order valence-corrected chi connectivity index (χ2v) is 4.81. The van der Waals surface area contributed by atoms with Crippen molar-refractivity contribution in [2.24, 2.45) is 0 Å². The van der Waals surface area contributed by atoms with E-state index in [-0.39, 0.29) is 18.1 Å². The highest BCUT2D eigenvalue weighted by molar-refractivity contribution is 5.92. The van der Waals surface area contributed by atoms with Crippen molar-refractivity contribution < 1.29 is 14.1 Å². The Balaban J connectivity index is 1.88. The predicted octanol–water partition coefficient (Wildman–Crippen LogP) is 1.97. The van der Waals surface area contributed by atoms with Crippen LogP contribution >= 0.6 is 0 Å². The fourth-order valence-corrected chi connectivity index (χ4v) is 2.16. The van der Waals surface area contributed by atoms with Gasteiger partial charge in [-0.3, -0.25) is 19.8 Å². The van der Waals surface area contributed by atoms with E-state index < -0.39 is 11.1 Å². The topological polar surface area (TPSA) is 75.5 Å². The molecule has 2 rings (SSSR count). The number of anilines is 1. The summed E-state index contributed by atoms with van der Waals surface area (Å²) in [7, 11) is 0. The van der Waals surface area contributed by atoms with Crippen LogP contribution in [0.2, 0.25) is 0 Å². The van der Waals surface area contributed by atoms with Crippen molar-refractivity contribution >= 4 is 17.3 Å². The number of rotatable bonds is 4. The first-order valence-electron chi connectivity index (χ1n) is 6.45. The molecule has 1 aliphatic rings. The van der Waals surface area contributed by atoms with Gasteiger partial charge in [0.1, 0.15) is 6.17 Å². The third-order valence-electron chi connectivity index (χ3n) is 3.23. The Labute approximate surface area is 115 Å². The van der Waals surface area contributed by atoms with Crippen LogP contribution in [0.3, 0.4) is 0 Å². The van der Waals surface area contributed by atoms with Gasteiger partial charge in [-0.2, -0.15) is 0 Å². The maximum absolute atomic E-state index is 13.0. The average molecular weight is 281 g/mol. The molecule has 1 saturated heterocycles. The molecule has 6 nitrogen and oxygen atoms in total. The van der Waals surface area contributed by atoms with Crippen molar-refractivity contribution in [3.8, 4) is 0 Å². The number of hydrogen-bond acceptors (Lipinski definition) is 4. The number of alkyl halides is 1. The minimum Gasteiger partial charge on any atom is -0.325 e. The fraction of sp³-hybridized carbons (Fsp3) is 0.462. The summed E-state index contributed by atoms with van der Waals surface area (Å²) in [5.41, 5.74) is 0.325. The molecule has 0 bridgehead atoms. The first kappa shape index (κ1) is 14.4. The van der Waals surface area contributed by atoms with E-state index >= 15 is 0 Å². The van der Waals surface area contributed by atoms with Gasteiger partial charge in [-0.05, 0) is 18.9 Å². The molecule has 1 fully saturated rings. The lowest BCUT2D eigenvalue weighted by molar-refractivity contribution is -0.384. The zero-order chi connectivity index (χ0) is 14.5. The molecule has 0 radical (unpaired) electrons. The SMILES string of the molecule is O=C(CN1CCC(F)CC1)Nc1cccc([N+](=O)[O-])c1. The van der Waals surface area contributed by atoms with Gasteiger partial charge in [0.15, 0.2) is 0 Å². The number of nitro groups is 1. The minimum absolute atomic E-state index is 0.0685. The Morgan fingerprint density at radius 3 is 2.80 bits per heavy atom. The molecule has 1 amide bonds. The van der Waals surface area contributed by atoms with Crippen LogP contribution < -0.4 is 5.32 Å². The van der Waals surface area contributed by atoms with Gasteiger partial charge in [0, 0.05) is 30.9 Å². The number of benzene rings is 1. The van der Waals surface area contributed by atoms with Crippen LogP contribution in [-0.2, 0) is 4.79 Å². The second kappa shape index (κ2) is 6.42. The van der Waals surface area contributed by atoms with E-state index in [2.05, 4.69) is 5.32 Å². The van der Waals surface area contributed by atoms with Crippen molar-refractivity contribution in [2.45, 2.75) is 19.0 Å². The van der Waals surface area contributed by atoms with Crippen molar-refractivity contribution in [1.29, 1.82) is 0 Å². The lowest BCUT2D eigenvalue weighted by atomic mass is 10.1. The standard InChI is InChI=1S/C13H16FN3O3/c14-10-4-6-16(7-5-10)9-13(18)15-11-2-1-3-12(8-11)17(19)20/h1-3,8,10H,4-7,9H2,(H,15,18). The summed E-state index contributed by atoms with van der Waals surface area (Å²) in [6.07, 6.45) is 0.125. The third kappa shape index (κ3) is 3.99. The maximum atomic E-state index is 13.0. The van der Waals surface area contributed by atoms with Crippen LogP contribution in [0.15, 0.2) is 24.3 Å². The number of piperidine rings is 1. The van der Waals surface area contributed by atoms with E-state index in [1.807, 2.05) is 4.90 Å². The van der Waals surface area contributed by atoms with Crippen LogP contribution in [-0.4, -0.2) is 41.5 Å². The molecule has 108 valence electrons. The summed E-state index contributed by atoms with van der Waals surface area (Å²) in [6, 6.07) is 5.79. The van der Waals surface area contributed by atoms with Crippen LogP contribution in [0.5, 0.6) is 0 Å². The number of nitrogens with zero attached hydrogens (tertiary/aromatic N) is 2. The summed E-state index contributed by atoms with van der Waals surface area (Å²) in [4.78, 5) is 23.8. The number of carbonyl (C=O) groups is 1.